The zero-order valence-electron chi connectivity index (χ0n) is 17.8. The van der Waals surface area contributed by atoms with Crippen molar-refractivity contribution in [2.24, 2.45) is 7.05 Å². The van der Waals surface area contributed by atoms with Crippen LogP contribution in [0.1, 0.15) is 29.7 Å². The number of benzene rings is 1. The van der Waals surface area contributed by atoms with Crippen LogP contribution in [0.25, 0.3) is 5.57 Å². The van der Waals surface area contributed by atoms with E-state index in [1.807, 2.05) is 27.7 Å². The van der Waals surface area contributed by atoms with Crippen molar-refractivity contribution in [1.29, 1.82) is 0 Å². The summed E-state index contributed by atoms with van der Waals surface area (Å²) in [5.41, 5.74) is 4.06. The minimum Gasteiger partial charge on any atom is -0.334 e. The Kier molecular flexibility index (Phi) is 6.78. The highest BCUT2D eigenvalue weighted by Gasteiger charge is 2.21. The molecule has 12 heteroatoms. The summed E-state index contributed by atoms with van der Waals surface area (Å²) >= 11 is 12.3. The molecule has 0 radical (unpaired) electrons. The highest BCUT2D eigenvalue weighted by molar-refractivity contribution is 7.90. The van der Waals surface area contributed by atoms with Gasteiger partial charge < -0.3 is 5.32 Å². The second-order valence-corrected chi connectivity index (χ2v) is 10.2. The molecule has 0 spiro atoms. The molecule has 9 nitrogen and oxygen atoms in total. The molecule has 3 aromatic rings. The van der Waals surface area contributed by atoms with E-state index in [-0.39, 0.29) is 11.4 Å². The fraction of sp³-hybridized carbons (Fsp3) is 0.286. The first kappa shape index (κ1) is 23.3. The molecule has 0 fully saturated rings. The van der Waals surface area contributed by atoms with Crippen molar-refractivity contribution in [3.05, 3.63) is 69.7 Å². The molecule has 174 valence electrons. The Balaban J connectivity index is 1.45. The number of allylic oxidation sites excluding steroid dienone is 1. The van der Waals surface area contributed by atoms with Crippen molar-refractivity contribution >= 4 is 44.8 Å². The summed E-state index contributed by atoms with van der Waals surface area (Å²) in [6.45, 7) is 0.649. The van der Waals surface area contributed by atoms with Gasteiger partial charge >= 0.3 is 6.03 Å². The largest absolute Gasteiger partial charge is 0.334 e. The number of hydrogen-bond donors (Lipinski definition) is 2. The maximum absolute atomic E-state index is 12.2. The first-order chi connectivity index (χ1) is 15.7. The van der Waals surface area contributed by atoms with Crippen molar-refractivity contribution in [2.75, 3.05) is 6.54 Å². The Morgan fingerprint density at radius 1 is 1.21 bits per heavy atom. The molecule has 2 heterocycles. The number of nitrogens with one attached hydrogen (secondary N) is 2. The van der Waals surface area contributed by atoms with E-state index < -0.39 is 16.1 Å². The second-order valence-electron chi connectivity index (χ2n) is 7.66. The van der Waals surface area contributed by atoms with Gasteiger partial charge in [0, 0.05) is 29.8 Å². The third-order valence-electron chi connectivity index (χ3n) is 5.28. The van der Waals surface area contributed by atoms with Gasteiger partial charge in [-0.05, 0) is 48.1 Å². The van der Waals surface area contributed by atoms with Gasteiger partial charge in [0.05, 0.1) is 24.6 Å². The van der Waals surface area contributed by atoms with Crippen LogP contribution in [0.5, 0.6) is 0 Å². The number of amides is 2. The third-order valence-corrected chi connectivity index (χ3v) is 7.15. The number of aromatic nitrogens is 4. The molecule has 1 aromatic carbocycles. The van der Waals surface area contributed by atoms with Crippen molar-refractivity contribution in [1.82, 2.24) is 29.6 Å². The van der Waals surface area contributed by atoms with E-state index >= 15 is 0 Å². The van der Waals surface area contributed by atoms with Gasteiger partial charge in [0.15, 0.2) is 0 Å². The average molecular weight is 509 g/mol. The third kappa shape index (κ3) is 5.40. The Labute approximate surface area is 201 Å². The molecule has 2 N–H and O–H groups in total. The van der Waals surface area contributed by atoms with E-state index in [4.69, 9.17) is 23.2 Å². The number of aryl methyl sites for hydroxylation is 2. The van der Waals surface area contributed by atoms with E-state index in [9.17, 15) is 13.2 Å². The molecular formula is C21H22Cl2N6O3S. The van der Waals surface area contributed by atoms with Gasteiger partial charge in [0.1, 0.15) is 4.90 Å². The smallest absolute Gasteiger partial charge is 0.328 e. The number of rotatable bonds is 6. The zero-order valence-corrected chi connectivity index (χ0v) is 20.1. The van der Waals surface area contributed by atoms with E-state index in [1.165, 1.54) is 17.1 Å². The SMILES string of the molecule is Cn1cc(S(=O)(=O)NC(=O)NCC=C2CCCc3cnn(Cc4ccc(Cl)cc4Cl)c32)cn1. The number of urea groups is 1. The Hall–Kier alpha value is -2.82. The summed E-state index contributed by atoms with van der Waals surface area (Å²) in [6.07, 6.45) is 8.93. The summed E-state index contributed by atoms with van der Waals surface area (Å²) in [4.78, 5) is 12.1. The van der Waals surface area contributed by atoms with Crippen LogP contribution < -0.4 is 10.0 Å². The molecule has 4 rings (SSSR count). The quantitative estimate of drug-likeness (QED) is 0.530. The van der Waals surface area contributed by atoms with Crippen molar-refractivity contribution in [3.8, 4) is 0 Å². The van der Waals surface area contributed by atoms with Gasteiger partial charge in [-0.25, -0.2) is 17.9 Å². The minimum absolute atomic E-state index is 0.0832. The van der Waals surface area contributed by atoms with E-state index in [2.05, 4.69) is 15.5 Å². The molecule has 2 aromatic heterocycles. The van der Waals surface area contributed by atoms with Gasteiger partial charge in [0.2, 0.25) is 0 Å². The van der Waals surface area contributed by atoms with E-state index in [0.29, 0.717) is 16.6 Å². The lowest BCUT2D eigenvalue weighted by atomic mass is 9.92. The van der Waals surface area contributed by atoms with Crippen molar-refractivity contribution in [3.63, 3.8) is 0 Å². The van der Waals surface area contributed by atoms with Gasteiger partial charge in [-0.1, -0.05) is 35.3 Å². The summed E-state index contributed by atoms with van der Waals surface area (Å²) in [7, 11) is -2.39. The molecule has 0 unspecified atom stereocenters. The molecule has 0 aliphatic heterocycles. The van der Waals surface area contributed by atoms with E-state index in [0.717, 1.165) is 41.7 Å². The predicted molar refractivity (Wildman–Crippen MR) is 126 cm³/mol. The van der Waals surface area contributed by atoms with E-state index in [1.54, 1.807) is 19.2 Å². The van der Waals surface area contributed by atoms with Crippen LogP contribution in [0.2, 0.25) is 10.0 Å². The highest BCUT2D eigenvalue weighted by Crippen LogP contribution is 2.31. The van der Waals surface area contributed by atoms with Crippen LogP contribution in [0.3, 0.4) is 0 Å². The Morgan fingerprint density at radius 2 is 2.03 bits per heavy atom. The summed E-state index contributed by atoms with van der Waals surface area (Å²) in [6, 6.07) is 4.55. The Morgan fingerprint density at radius 3 is 2.76 bits per heavy atom. The molecule has 0 bridgehead atoms. The minimum atomic E-state index is -3.98. The number of fused-ring (bicyclic) bond motifs is 1. The van der Waals surface area contributed by atoms with Crippen LogP contribution in [-0.4, -0.2) is 40.6 Å². The van der Waals surface area contributed by atoms with Crippen LogP contribution >= 0.6 is 23.2 Å². The fourth-order valence-corrected chi connectivity index (χ4v) is 5.10. The van der Waals surface area contributed by atoms with Gasteiger partial charge in [-0.15, -0.1) is 0 Å². The Bertz CT molecular complexity index is 1330. The normalized spacial score (nSPS) is 14.8. The molecule has 1 aliphatic carbocycles. The van der Waals surface area contributed by atoms with Crippen LogP contribution in [0, 0.1) is 0 Å². The van der Waals surface area contributed by atoms with Crippen LogP contribution in [-0.2, 0) is 30.0 Å². The lowest BCUT2D eigenvalue weighted by molar-refractivity contribution is 0.247. The fourth-order valence-electron chi connectivity index (χ4n) is 3.72. The van der Waals surface area contributed by atoms with Crippen LogP contribution in [0.15, 0.2) is 47.8 Å². The lowest BCUT2D eigenvalue weighted by Gasteiger charge is -2.18. The maximum atomic E-state index is 12.2. The van der Waals surface area contributed by atoms with Crippen molar-refractivity contribution < 1.29 is 13.2 Å². The number of hydrogen-bond acceptors (Lipinski definition) is 5. The first-order valence-electron chi connectivity index (χ1n) is 10.2. The molecule has 2 amide bonds. The maximum Gasteiger partial charge on any atom is 0.328 e. The van der Waals surface area contributed by atoms with Crippen molar-refractivity contribution in [2.45, 2.75) is 30.7 Å². The lowest BCUT2D eigenvalue weighted by Crippen LogP contribution is -2.39. The second kappa shape index (κ2) is 9.58. The molecule has 0 saturated heterocycles. The van der Waals surface area contributed by atoms with Crippen LogP contribution in [0.4, 0.5) is 4.79 Å². The zero-order chi connectivity index (χ0) is 23.6. The highest BCUT2D eigenvalue weighted by atomic mass is 35.5. The van der Waals surface area contributed by atoms with Gasteiger partial charge in [-0.3, -0.25) is 9.36 Å². The standard InChI is InChI=1S/C21H22Cl2N6O3S/c1-28-13-18(11-25-28)33(31,32)27-21(30)24-8-7-14-3-2-4-15-10-26-29(20(14)15)12-16-5-6-17(22)9-19(16)23/h5-7,9-11,13H,2-4,8,12H2,1H3,(H2,24,27,30). The average Bonchev–Trinajstić information content (AvgIpc) is 3.37. The number of nitrogens with zero attached hydrogens (tertiary/aromatic N) is 4. The first-order valence-corrected chi connectivity index (χ1v) is 12.4. The number of carbonyl (C=O) groups excluding carboxylic acids is 1. The predicted octanol–water partition coefficient (Wildman–Crippen LogP) is 3.38. The number of sulfonamides is 1. The molecule has 0 saturated carbocycles. The summed E-state index contributed by atoms with van der Waals surface area (Å²) < 4.78 is 29.7. The van der Waals surface area contributed by atoms with Gasteiger partial charge in [-0.2, -0.15) is 10.2 Å². The molecule has 33 heavy (non-hydrogen) atoms. The summed E-state index contributed by atoms with van der Waals surface area (Å²) in [5.74, 6) is 0. The molecule has 1 aliphatic rings. The topological polar surface area (TPSA) is 111 Å². The number of carbonyl (C=O) groups is 1. The molecule has 0 atom stereocenters. The number of halogens is 2. The molecular weight excluding hydrogens is 487 g/mol. The summed E-state index contributed by atoms with van der Waals surface area (Å²) in [5, 5.41) is 12.1. The monoisotopic (exact) mass is 508 g/mol. The van der Waals surface area contributed by atoms with Gasteiger partial charge in [0.25, 0.3) is 10.0 Å².